The average molecular weight is 474 g/mol. The number of aryl methyl sites for hydroxylation is 1. The largest absolute Gasteiger partial charge is 0.453 e. The fourth-order valence-electron chi connectivity index (χ4n) is 3.14. The Morgan fingerprint density at radius 3 is 2.38 bits per heavy atom. The van der Waals surface area contributed by atoms with Gasteiger partial charge in [-0.3, -0.25) is 0 Å². The molecule has 10 heteroatoms. The summed E-state index contributed by atoms with van der Waals surface area (Å²) in [7, 11) is -4.22. The van der Waals surface area contributed by atoms with Crippen LogP contribution in [0.2, 0.25) is 0 Å². The van der Waals surface area contributed by atoms with Crippen LogP contribution in [0.3, 0.4) is 0 Å². The van der Waals surface area contributed by atoms with Gasteiger partial charge in [0.1, 0.15) is 23.2 Å². The molecule has 1 heterocycles. The summed E-state index contributed by atoms with van der Waals surface area (Å²) in [4.78, 5) is -0.267. The van der Waals surface area contributed by atoms with Gasteiger partial charge in [0.25, 0.3) is 10.0 Å². The molecule has 0 spiro atoms. The topological polar surface area (TPSA) is 72.1 Å². The summed E-state index contributed by atoms with van der Waals surface area (Å²) in [6.45, 7) is 1.78. The zero-order valence-electron chi connectivity index (χ0n) is 16.3. The van der Waals surface area contributed by atoms with Crippen molar-refractivity contribution < 1.29 is 26.3 Å². The second kappa shape index (κ2) is 7.93. The molecule has 0 N–H and O–H groups in total. The van der Waals surface area contributed by atoms with Crippen LogP contribution in [0.25, 0.3) is 10.9 Å². The molecule has 0 bridgehead atoms. The third kappa shape index (κ3) is 3.49. The van der Waals surface area contributed by atoms with E-state index in [1.54, 1.807) is 25.1 Å². The van der Waals surface area contributed by atoms with E-state index in [1.165, 1.54) is 18.2 Å². The number of benzene rings is 3. The number of hydrogen-bond acceptors (Lipinski definition) is 5. The molecule has 1 aromatic heterocycles. The SMILES string of the molecule is Cc1ccc(S(=O)(=O)n2ccc3c(S)c(Oc4ccc(F)c(C#N)c4)c(F)c(F)c32)cc1. The van der Waals surface area contributed by atoms with Gasteiger partial charge in [0.15, 0.2) is 11.6 Å². The molecule has 0 aliphatic rings. The normalized spacial score (nSPS) is 11.5. The van der Waals surface area contributed by atoms with Crippen molar-refractivity contribution in [1.29, 1.82) is 5.26 Å². The molecule has 0 aliphatic carbocycles. The standard InChI is InChI=1S/C22H13F3N2O3S2/c1-12-2-5-15(6-3-12)32(28,29)27-9-8-16-20(27)18(24)19(25)21(22(16)31)30-14-4-7-17(23)13(10-14)11-26/h2-10,31H,1H3. The first kappa shape index (κ1) is 21.8. The maximum absolute atomic E-state index is 15.1. The van der Waals surface area contributed by atoms with Gasteiger partial charge in [0, 0.05) is 17.6 Å². The summed E-state index contributed by atoms with van der Waals surface area (Å²) < 4.78 is 75.6. The molecule has 0 saturated heterocycles. The maximum Gasteiger partial charge on any atom is 0.268 e. The lowest BCUT2D eigenvalue weighted by Gasteiger charge is -2.13. The van der Waals surface area contributed by atoms with Crippen molar-refractivity contribution in [2.24, 2.45) is 0 Å². The molecule has 4 aromatic rings. The van der Waals surface area contributed by atoms with Crippen LogP contribution in [-0.2, 0) is 10.0 Å². The Hall–Kier alpha value is -3.42. The van der Waals surface area contributed by atoms with Crippen LogP contribution in [0.4, 0.5) is 13.2 Å². The molecular formula is C22H13F3N2O3S2. The average Bonchev–Trinajstić information content (AvgIpc) is 3.23. The minimum absolute atomic E-state index is 0.0134. The van der Waals surface area contributed by atoms with Crippen molar-refractivity contribution in [1.82, 2.24) is 3.97 Å². The fraction of sp³-hybridized carbons (Fsp3) is 0.0455. The van der Waals surface area contributed by atoms with Gasteiger partial charge in [0.2, 0.25) is 5.82 Å². The van der Waals surface area contributed by atoms with E-state index in [0.29, 0.717) is 3.97 Å². The van der Waals surface area contributed by atoms with Crippen molar-refractivity contribution >= 4 is 33.6 Å². The summed E-state index contributed by atoms with van der Waals surface area (Å²) in [5.41, 5.74) is -0.0453. The first-order valence-corrected chi connectivity index (χ1v) is 10.9. The predicted octanol–water partition coefficient (Wildman–Crippen LogP) is 5.56. The van der Waals surface area contributed by atoms with E-state index in [2.05, 4.69) is 12.6 Å². The van der Waals surface area contributed by atoms with Crippen LogP contribution >= 0.6 is 12.6 Å². The fourth-order valence-corrected chi connectivity index (χ4v) is 4.81. The molecule has 3 aromatic carbocycles. The lowest BCUT2D eigenvalue weighted by Crippen LogP contribution is -2.13. The number of nitrogens with zero attached hydrogens (tertiary/aromatic N) is 2. The number of fused-ring (bicyclic) bond motifs is 1. The summed E-state index contributed by atoms with van der Waals surface area (Å²) >= 11 is 4.21. The Morgan fingerprint density at radius 1 is 1.03 bits per heavy atom. The van der Waals surface area contributed by atoms with Crippen molar-refractivity contribution in [3.63, 3.8) is 0 Å². The molecule has 0 unspecified atom stereocenters. The minimum atomic E-state index is -4.22. The molecule has 162 valence electrons. The second-order valence-electron chi connectivity index (χ2n) is 6.85. The quantitative estimate of drug-likeness (QED) is 0.393. The molecule has 32 heavy (non-hydrogen) atoms. The summed E-state index contributed by atoms with van der Waals surface area (Å²) in [5, 5.41) is 8.92. The van der Waals surface area contributed by atoms with Crippen LogP contribution in [0.5, 0.6) is 11.5 Å². The highest BCUT2D eigenvalue weighted by Crippen LogP contribution is 2.40. The molecule has 0 fully saturated rings. The number of nitriles is 1. The van der Waals surface area contributed by atoms with Gasteiger partial charge in [0.05, 0.1) is 15.4 Å². The van der Waals surface area contributed by atoms with Gasteiger partial charge in [-0.05, 0) is 37.3 Å². The highest BCUT2D eigenvalue weighted by atomic mass is 32.2. The third-order valence-corrected chi connectivity index (χ3v) is 6.91. The van der Waals surface area contributed by atoms with E-state index in [0.717, 1.165) is 30.0 Å². The molecule has 0 aliphatic heterocycles. The lowest BCUT2D eigenvalue weighted by atomic mass is 10.2. The van der Waals surface area contributed by atoms with Crippen molar-refractivity contribution in [2.75, 3.05) is 0 Å². The van der Waals surface area contributed by atoms with E-state index in [-0.39, 0.29) is 26.5 Å². The molecule has 4 rings (SSSR count). The number of ether oxygens (including phenoxy) is 1. The molecular weight excluding hydrogens is 461 g/mol. The van der Waals surface area contributed by atoms with E-state index >= 15 is 4.39 Å². The predicted molar refractivity (Wildman–Crippen MR) is 114 cm³/mol. The van der Waals surface area contributed by atoms with Crippen LogP contribution in [0.15, 0.2) is 64.5 Å². The van der Waals surface area contributed by atoms with Gasteiger partial charge in [-0.1, -0.05) is 17.7 Å². The van der Waals surface area contributed by atoms with Gasteiger partial charge in [-0.2, -0.15) is 9.65 Å². The molecule has 0 amide bonds. The Labute approximate surface area is 186 Å². The van der Waals surface area contributed by atoms with Crippen LogP contribution < -0.4 is 4.74 Å². The molecule has 0 atom stereocenters. The number of aromatic nitrogens is 1. The highest BCUT2D eigenvalue weighted by Gasteiger charge is 2.27. The van der Waals surface area contributed by atoms with E-state index < -0.39 is 38.7 Å². The van der Waals surface area contributed by atoms with Gasteiger partial charge >= 0.3 is 0 Å². The number of thiol groups is 1. The first-order valence-electron chi connectivity index (χ1n) is 9.06. The van der Waals surface area contributed by atoms with Crippen LogP contribution in [0, 0.1) is 35.7 Å². The second-order valence-corrected chi connectivity index (χ2v) is 9.12. The highest BCUT2D eigenvalue weighted by molar-refractivity contribution is 7.90. The van der Waals surface area contributed by atoms with E-state index in [9.17, 15) is 17.2 Å². The monoisotopic (exact) mass is 474 g/mol. The Bertz CT molecular complexity index is 1520. The molecule has 5 nitrogen and oxygen atoms in total. The Morgan fingerprint density at radius 2 is 1.72 bits per heavy atom. The number of halogens is 3. The van der Waals surface area contributed by atoms with Crippen LogP contribution in [-0.4, -0.2) is 12.4 Å². The summed E-state index contributed by atoms with van der Waals surface area (Å²) in [5.74, 6) is -4.49. The lowest BCUT2D eigenvalue weighted by molar-refractivity contribution is 0.409. The Kier molecular flexibility index (Phi) is 5.40. The third-order valence-electron chi connectivity index (χ3n) is 4.78. The first-order chi connectivity index (χ1) is 15.1. The van der Waals surface area contributed by atoms with E-state index in [1.807, 2.05) is 0 Å². The molecule has 0 saturated carbocycles. The minimum Gasteiger partial charge on any atom is -0.453 e. The van der Waals surface area contributed by atoms with Crippen LogP contribution in [0.1, 0.15) is 11.1 Å². The van der Waals surface area contributed by atoms with Gasteiger partial charge in [-0.15, -0.1) is 12.6 Å². The van der Waals surface area contributed by atoms with Gasteiger partial charge in [-0.25, -0.2) is 21.2 Å². The zero-order valence-corrected chi connectivity index (χ0v) is 18.0. The van der Waals surface area contributed by atoms with E-state index in [4.69, 9.17) is 10.00 Å². The molecule has 0 radical (unpaired) electrons. The zero-order chi connectivity index (χ0) is 23.2. The smallest absolute Gasteiger partial charge is 0.268 e. The van der Waals surface area contributed by atoms with Crippen molar-refractivity contribution in [3.05, 3.63) is 83.3 Å². The Balaban J connectivity index is 1.87. The number of hydrogen-bond donors (Lipinski definition) is 1. The van der Waals surface area contributed by atoms with Crippen molar-refractivity contribution in [3.8, 4) is 17.6 Å². The number of rotatable bonds is 4. The summed E-state index contributed by atoms with van der Waals surface area (Å²) in [6, 6.07) is 11.9. The van der Waals surface area contributed by atoms with Crippen molar-refractivity contribution in [2.45, 2.75) is 16.7 Å². The maximum atomic E-state index is 15.1. The van der Waals surface area contributed by atoms with Gasteiger partial charge < -0.3 is 4.74 Å². The summed E-state index contributed by atoms with van der Waals surface area (Å²) in [6.07, 6.45) is 1.09.